The Balaban J connectivity index is 2.42. The second kappa shape index (κ2) is 5.95. The second-order valence-electron chi connectivity index (χ2n) is 4.17. The minimum atomic E-state index is -0.588. The van der Waals surface area contributed by atoms with Gasteiger partial charge >= 0.3 is 0 Å². The maximum atomic E-state index is 12.5. The summed E-state index contributed by atoms with van der Waals surface area (Å²) >= 11 is 0. The smallest absolute Gasteiger partial charge is 0.288 e. The Bertz CT molecular complexity index is 675. The van der Waals surface area contributed by atoms with Gasteiger partial charge in [-0.2, -0.15) is 0 Å². The van der Waals surface area contributed by atoms with Crippen LogP contribution in [0.3, 0.4) is 0 Å². The van der Waals surface area contributed by atoms with Gasteiger partial charge in [-0.05, 0) is 12.1 Å². The van der Waals surface area contributed by atoms with Crippen molar-refractivity contribution >= 4 is 23.1 Å². The fourth-order valence-corrected chi connectivity index (χ4v) is 1.78. The van der Waals surface area contributed by atoms with Gasteiger partial charge in [-0.3, -0.25) is 19.9 Å². The minimum absolute atomic E-state index is 0.131. The van der Waals surface area contributed by atoms with E-state index in [1.165, 1.54) is 11.0 Å². The molecule has 0 aliphatic carbocycles. The first-order chi connectivity index (χ1) is 10.0. The summed E-state index contributed by atoms with van der Waals surface area (Å²) in [7, 11) is 3.17. The molecule has 0 radical (unpaired) electrons. The van der Waals surface area contributed by atoms with Gasteiger partial charge in [0.25, 0.3) is 11.6 Å². The SMILES string of the molecule is CNc1ncc([N+](=O)[O-])cc1C(=O)N(C)c1ccncc1. The minimum Gasteiger partial charge on any atom is -0.372 e. The number of carbonyl (C=O) groups is 1. The monoisotopic (exact) mass is 287 g/mol. The Hall–Kier alpha value is -3.03. The summed E-state index contributed by atoms with van der Waals surface area (Å²) < 4.78 is 0. The molecule has 2 rings (SSSR count). The van der Waals surface area contributed by atoms with Crippen LogP contribution in [0.2, 0.25) is 0 Å². The lowest BCUT2D eigenvalue weighted by Crippen LogP contribution is -2.27. The molecule has 0 bridgehead atoms. The van der Waals surface area contributed by atoms with Gasteiger partial charge in [0, 0.05) is 38.2 Å². The number of carbonyl (C=O) groups excluding carboxylic acids is 1. The molecule has 108 valence electrons. The molecule has 0 aliphatic rings. The molecule has 0 aliphatic heterocycles. The van der Waals surface area contributed by atoms with E-state index in [-0.39, 0.29) is 17.1 Å². The fraction of sp³-hybridized carbons (Fsp3) is 0.154. The molecule has 1 N–H and O–H groups in total. The van der Waals surface area contributed by atoms with Crippen LogP contribution >= 0.6 is 0 Å². The quantitative estimate of drug-likeness (QED) is 0.678. The van der Waals surface area contributed by atoms with Crippen molar-refractivity contribution < 1.29 is 9.72 Å². The lowest BCUT2D eigenvalue weighted by molar-refractivity contribution is -0.385. The van der Waals surface area contributed by atoms with Crippen LogP contribution in [0, 0.1) is 10.1 Å². The van der Waals surface area contributed by atoms with E-state index >= 15 is 0 Å². The van der Waals surface area contributed by atoms with Crippen molar-refractivity contribution in [2.24, 2.45) is 0 Å². The van der Waals surface area contributed by atoms with Crippen molar-refractivity contribution in [2.45, 2.75) is 0 Å². The van der Waals surface area contributed by atoms with E-state index in [1.807, 2.05) is 0 Å². The highest BCUT2D eigenvalue weighted by Crippen LogP contribution is 2.22. The number of pyridine rings is 2. The molecule has 8 nitrogen and oxygen atoms in total. The number of hydrogen-bond acceptors (Lipinski definition) is 6. The average molecular weight is 287 g/mol. The van der Waals surface area contributed by atoms with Crippen LogP contribution in [0.15, 0.2) is 36.8 Å². The largest absolute Gasteiger partial charge is 0.372 e. The normalized spacial score (nSPS) is 10.0. The zero-order valence-corrected chi connectivity index (χ0v) is 11.5. The number of aromatic nitrogens is 2. The zero-order chi connectivity index (χ0) is 15.4. The maximum Gasteiger partial charge on any atom is 0.288 e. The van der Waals surface area contributed by atoms with Crippen molar-refractivity contribution in [3.8, 4) is 0 Å². The first kappa shape index (κ1) is 14.4. The molecule has 0 aromatic carbocycles. The van der Waals surface area contributed by atoms with Gasteiger partial charge in [0.05, 0.1) is 10.5 Å². The fourth-order valence-electron chi connectivity index (χ4n) is 1.78. The van der Waals surface area contributed by atoms with Crippen LogP contribution in [0.25, 0.3) is 0 Å². The number of nitrogens with one attached hydrogen (secondary N) is 1. The first-order valence-electron chi connectivity index (χ1n) is 6.05. The summed E-state index contributed by atoms with van der Waals surface area (Å²) in [6.07, 6.45) is 4.22. The van der Waals surface area contributed by atoms with E-state index in [1.54, 1.807) is 38.6 Å². The standard InChI is InChI=1S/C13H13N5O3/c1-14-12-11(7-10(8-16-12)18(20)21)13(19)17(2)9-3-5-15-6-4-9/h3-8H,1-2H3,(H,14,16). The summed E-state index contributed by atoms with van der Waals surface area (Å²) in [4.78, 5) is 31.9. The van der Waals surface area contributed by atoms with Crippen molar-refractivity contribution in [2.75, 3.05) is 24.3 Å². The van der Waals surface area contributed by atoms with Gasteiger partial charge in [-0.1, -0.05) is 0 Å². The van der Waals surface area contributed by atoms with E-state index < -0.39 is 10.8 Å². The predicted molar refractivity (Wildman–Crippen MR) is 77.4 cm³/mol. The third kappa shape index (κ3) is 2.94. The highest BCUT2D eigenvalue weighted by atomic mass is 16.6. The molecule has 2 aromatic rings. The van der Waals surface area contributed by atoms with Crippen LogP contribution in [-0.4, -0.2) is 34.9 Å². The van der Waals surface area contributed by atoms with Gasteiger partial charge in [-0.25, -0.2) is 4.98 Å². The molecule has 8 heteroatoms. The van der Waals surface area contributed by atoms with Crippen molar-refractivity contribution in [3.63, 3.8) is 0 Å². The number of hydrogen-bond donors (Lipinski definition) is 1. The van der Waals surface area contributed by atoms with E-state index in [2.05, 4.69) is 15.3 Å². The van der Waals surface area contributed by atoms with Crippen molar-refractivity contribution in [1.29, 1.82) is 0 Å². The number of amides is 1. The molecular formula is C13H13N5O3. The molecule has 0 spiro atoms. The summed E-state index contributed by atoms with van der Waals surface area (Å²) in [6.45, 7) is 0. The third-order valence-electron chi connectivity index (χ3n) is 2.91. The molecule has 0 fully saturated rings. The van der Waals surface area contributed by atoms with Crippen molar-refractivity contribution in [3.05, 3.63) is 52.5 Å². The zero-order valence-electron chi connectivity index (χ0n) is 11.5. The molecule has 0 atom stereocenters. The summed E-state index contributed by atoms with van der Waals surface area (Å²) in [5, 5.41) is 13.6. The van der Waals surface area contributed by atoms with Gasteiger partial charge in [0.15, 0.2) is 0 Å². The van der Waals surface area contributed by atoms with Crippen LogP contribution in [0.1, 0.15) is 10.4 Å². The van der Waals surface area contributed by atoms with E-state index in [9.17, 15) is 14.9 Å². The van der Waals surface area contributed by atoms with Gasteiger partial charge in [-0.15, -0.1) is 0 Å². The van der Waals surface area contributed by atoms with E-state index in [0.717, 1.165) is 6.20 Å². The Labute approximate surface area is 120 Å². The molecule has 21 heavy (non-hydrogen) atoms. The van der Waals surface area contributed by atoms with Gasteiger partial charge < -0.3 is 10.2 Å². The lowest BCUT2D eigenvalue weighted by Gasteiger charge is -2.18. The second-order valence-corrected chi connectivity index (χ2v) is 4.17. The van der Waals surface area contributed by atoms with Crippen LogP contribution < -0.4 is 10.2 Å². The average Bonchev–Trinajstić information content (AvgIpc) is 2.53. The maximum absolute atomic E-state index is 12.5. The van der Waals surface area contributed by atoms with E-state index in [0.29, 0.717) is 5.69 Å². The Morgan fingerprint density at radius 2 is 2.05 bits per heavy atom. The Morgan fingerprint density at radius 3 is 2.62 bits per heavy atom. The molecule has 2 aromatic heterocycles. The Kier molecular flexibility index (Phi) is 4.07. The number of anilines is 2. The van der Waals surface area contributed by atoms with Gasteiger partial charge in [0.2, 0.25) is 0 Å². The van der Waals surface area contributed by atoms with E-state index in [4.69, 9.17) is 0 Å². The molecule has 0 unspecified atom stereocenters. The number of rotatable bonds is 4. The third-order valence-corrected chi connectivity index (χ3v) is 2.91. The summed E-state index contributed by atoms with van der Waals surface area (Å²) in [6, 6.07) is 4.54. The van der Waals surface area contributed by atoms with Crippen LogP contribution in [-0.2, 0) is 0 Å². The van der Waals surface area contributed by atoms with Crippen molar-refractivity contribution in [1.82, 2.24) is 9.97 Å². The highest BCUT2D eigenvalue weighted by Gasteiger charge is 2.21. The lowest BCUT2D eigenvalue weighted by atomic mass is 10.2. The topological polar surface area (TPSA) is 101 Å². The predicted octanol–water partition coefficient (Wildman–Crippen LogP) is 1.70. The molecule has 0 saturated carbocycles. The number of nitro groups is 1. The van der Waals surface area contributed by atoms with Crippen LogP contribution in [0.5, 0.6) is 0 Å². The molecule has 0 saturated heterocycles. The first-order valence-corrected chi connectivity index (χ1v) is 6.05. The molecular weight excluding hydrogens is 274 g/mol. The molecule has 2 heterocycles. The summed E-state index contributed by atoms with van der Waals surface area (Å²) in [5.41, 5.74) is 0.523. The van der Waals surface area contributed by atoms with Crippen LogP contribution in [0.4, 0.5) is 17.2 Å². The summed E-state index contributed by atoms with van der Waals surface area (Å²) in [5.74, 6) is -0.117. The van der Waals surface area contributed by atoms with Gasteiger partial charge in [0.1, 0.15) is 12.0 Å². The highest BCUT2D eigenvalue weighted by molar-refractivity contribution is 6.09. The Morgan fingerprint density at radius 1 is 1.38 bits per heavy atom. The number of nitrogens with zero attached hydrogens (tertiary/aromatic N) is 4. The molecule has 1 amide bonds.